The number of halogens is 2. The molecule has 98 valence electrons. The SMILES string of the molecule is CC1CC(C(=O)Nc2ccc(Cl)c(Br)c2)CCN1. The molecule has 1 heterocycles. The lowest BCUT2D eigenvalue weighted by Crippen LogP contribution is -2.40. The van der Waals surface area contributed by atoms with Crippen molar-refractivity contribution in [1.29, 1.82) is 0 Å². The van der Waals surface area contributed by atoms with E-state index in [1.807, 2.05) is 12.1 Å². The first-order valence-electron chi connectivity index (χ1n) is 6.05. The lowest BCUT2D eigenvalue weighted by Gasteiger charge is -2.27. The number of nitrogens with one attached hydrogen (secondary N) is 2. The zero-order valence-electron chi connectivity index (χ0n) is 10.2. The third-order valence-corrected chi connectivity index (χ3v) is 4.40. The highest BCUT2D eigenvalue weighted by Gasteiger charge is 2.24. The lowest BCUT2D eigenvalue weighted by molar-refractivity contribution is -0.120. The zero-order chi connectivity index (χ0) is 13.1. The minimum absolute atomic E-state index is 0.0932. The summed E-state index contributed by atoms with van der Waals surface area (Å²) in [6.07, 6.45) is 1.78. The van der Waals surface area contributed by atoms with Crippen molar-refractivity contribution < 1.29 is 4.79 Å². The Labute approximate surface area is 120 Å². The van der Waals surface area contributed by atoms with Gasteiger partial charge in [-0.2, -0.15) is 0 Å². The second-order valence-electron chi connectivity index (χ2n) is 4.69. The third-order valence-electron chi connectivity index (χ3n) is 3.18. The van der Waals surface area contributed by atoms with Crippen molar-refractivity contribution in [3.05, 3.63) is 27.7 Å². The molecule has 2 N–H and O–H groups in total. The molecule has 0 spiro atoms. The molecule has 0 aromatic heterocycles. The molecule has 1 aliphatic rings. The Bertz CT molecular complexity index is 453. The Balaban J connectivity index is 2.00. The number of amides is 1. The van der Waals surface area contributed by atoms with Crippen molar-refractivity contribution in [2.75, 3.05) is 11.9 Å². The number of carbonyl (C=O) groups excluding carboxylic acids is 1. The molecule has 1 aromatic rings. The fourth-order valence-electron chi connectivity index (χ4n) is 2.19. The van der Waals surface area contributed by atoms with E-state index in [1.165, 1.54) is 0 Å². The largest absolute Gasteiger partial charge is 0.326 e. The number of hydrogen-bond donors (Lipinski definition) is 2. The van der Waals surface area contributed by atoms with Crippen molar-refractivity contribution in [2.45, 2.75) is 25.8 Å². The molecule has 1 aromatic carbocycles. The molecule has 2 atom stereocenters. The van der Waals surface area contributed by atoms with Crippen LogP contribution in [0, 0.1) is 5.92 Å². The highest BCUT2D eigenvalue weighted by atomic mass is 79.9. The molecule has 3 nitrogen and oxygen atoms in total. The maximum absolute atomic E-state index is 12.1. The second-order valence-corrected chi connectivity index (χ2v) is 5.96. The zero-order valence-corrected chi connectivity index (χ0v) is 12.5. The molecule has 0 aliphatic carbocycles. The fourth-order valence-corrected chi connectivity index (χ4v) is 2.68. The summed E-state index contributed by atoms with van der Waals surface area (Å²) in [5.74, 6) is 0.188. The molecule has 0 radical (unpaired) electrons. The first-order chi connectivity index (χ1) is 8.56. The van der Waals surface area contributed by atoms with Gasteiger partial charge in [-0.05, 0) is 60.4 Å². The van der Waals surface area contributed by atoms with Crippen molar-refractivity contribution >= 4 is 39.1 Å². The van der Waals surface area contributed by atoms with E-state index in [0.717, 1.165) is 29.5 Å². The minimum Gasteiger partial charge on any atom is -0.326 e. The molecule has 1 saturated heterocycles. The number of hydrogen-bond acceptors (Lipinski definition) is 2. The van der Waals surface area contributed by atoms with E-state index in [2.05, 4.69) is 33.5 Å². The first kappa shape index (κ1) is 13.8. The van der Waals surface area contributed by atoms with Gasteiger partial charge in [-0.3, -0.25) is 4.79 Å². The van der Waals surface area contributed by atoms with E-state index < -0.39 is 0 Å². The van der Waals surface area contributed by atoms with E-state index in [0.29, 0.717) is 11.1 Å². The van der Waals surface area contributed by atoms with Gasteiger partial charge < -0.3 is 10.6 Å². The molecule has 1 aliphatic heterocycles. The normalized spacial score (nSPS) is 23.7. The van der Waals surface area contributed by atoms with E-state index in [-0.39, 0.29) is 11.8 Å². The van der Waals surface area contributed by atoms with Crippen LogP contribution in [0.3, 0.4) is 0 Å². The van der Waals surface area contributed by atoms with Crippen molar-refractivity contribution in [2.24, 2.45) is 5.92 Å². The predicted octanol–water partition coefficient (Wildman–Crippen LogP) is 3.43. The van der Waals surface area contributed by atoms with E-state index in [1.54, 1.807) is 6.07 Å². The van der Waals surface area contributed by atoms with Crippen LogP contribution in [0.15, 0.2) is 22.7 Å². The van der Waals surface area contributed by atoms with Gasteiger partial charge >= 0.3 is 0 Å². The maximum Gasteiger partial charge on any atom is 0.227 e. The van der Waals surface area contributed by atoms with Gasteiger partial charge in [-0.1, -0.05) is 11.6 Å². The first-order valence-corrected chi connectivity index (χ1v) is 7.22. The Kier molecular flexibility index (Phi) is 4.65. The van der Waals surface area contributed by atoms with Gasteiger partial charge in [0.15, 0.2) is 0 Å². The maximum atomic E-state index is 12.1. The predicted molar refractivity (Wildman–Crippen MR) is 78.0 cm³/mol. The summed E-state index contributed by atoms with van der Waals surface area (Å²) in [7, 11) is 0. The Morgan fingerprint density at radius 3 is 3.00 bits per heavy atom. The molecular formula is C13H16BrClN2O. The van der Waals surface area contributed by atoms with Crippen LogP contribution >= 0.6 is 27.5 Å². The molecule has 1 fully saturated rings. The molecule has 0 bridgehead atoms. The van der Waals surface area contributed by atoms with Gasteiger partial charge in [0.2, 0.25) is 5.91 Å². The number of rotatable bonds is 2. The third kappa shape index (κ3) is 3.46. The van der Waals surface area contributed by atoms with Gasteiger partial charge in [0.05, 0.1) is 5.02 Å². The molecule has 18 heavy (non-hydrogen) atoms. The highest BCUT2D eigenvalue weighted by molar-refractivity contribution is 9.10. The fraction of sp³-hybridized carbons (Fsp3) is 0.462. The van der Waals surface area contributed by atoms with Crippen LogP contribution in [-0.2, 0) is 4.79 Å². The Hall–Kier alpha value is -0.580. The summed E-state index contributed by atoms with van der Waals surface area (Å²) in [5, 5.41) is 6.93. The second kappa shape index (κ2) is 6.04. The summed E-state index contributed by atoms with van der Waals surface area (Å²) >= 11 is 9.27. The van der Waals surface area contributed by atoms with Gasteiger partial charge in [-0.15, -0.1) is 0 Å². The van der Waals surface area contributed by atoms with Crippen LogP contribution in [0.25, 0.3) is 0 Å². The molecule has 1 amide bonds. The molecule has 2 rings (SSSR count). The molecule has 0 saturated carbocycles. The van der Waals surface area contributed by atoms with Crippen LogP contribution in [0.4, 0.5) is 5.69 Å². The molecule has 2 unspecified atom stereocenters. The van der Waals surface area contributed by atoms with Crippen LogP contribution in [0.1, 0.15) is 19.8 Å². The minimum atomic E-state index is 0.0932. The molecular weight excluding hydrogens is 316 g/mol. The summed E-state index contributed by atoms with van der Waals surface area (Å²) in [5.41, 5.74) is 0.780. The Morgan fingerprint density at radius 2 is 2.33 bits per heavy atom. The van der Waals surface area contributed by atoms with Crippen LogP contribution < -0.4 is 10.6 Å². The van der Waals surface area contributed by atoms with Crippen molar-refractivity contribution in [3.63, 3.8) is 0 Å². The molecule has 5 heteroatoms. The number of carbonyl (C=O) groups is 1. The number of benzene rings is 1. The smallest absolute Gasteiger partial charge is 0.227 e. The topological polar surface area (TPSA) is 41.1 Å². The lowest BCUT2D eigenvalue weighted by atomic mass is 9.92. The van der Waals surface area contributed by atoms with Gasteiger partial charge in [-0.25, -0.2) is 0 Å². The van der Waals surface area contributed by atoms with Crippen LogP contribution in [0.5, 0.6) is 0 Å². The average Bonchev–Trinajstić information content (AvgIpc) is 2.34. The summed E-state index contributed by atoms with van der Waals surface area (Å²) in [6.45, 7) is 3.02. The average molecular weight is 332 g/mol. The van der Waals surface area contributed by atoms with Crippen LogP contribution in [0.2, 0.25) is 5.02 Å². The summed E-state index contributed by atoms with van der Waals surface area (Å²) in [4.78, 5) is 12.1. The monoisotopic (exact) mass is 330 g/mol. The highest BCUT2D eigenvalue weighted by Crippen LogP contribution is 2.26. The van der Waals surface area contributed by atoms with E-state index in [4.69, 9.17) is 11.6 Å². The van der Waals surface area contributed by atoms with Crippen molar-refractivity contribution in [1.82, 2.24) is 5.32 Å². The summed E-state index contributed by atoms with van der Waals surface area (Å²) in [6, 6.07) is 5.82. The van der Waals surface area contributed by atoms with E-state index >= 15 is 0 Å². The van der Waals surface area contributed by atoms with Gasteiger partial charge in [0, 0.05) is 22.1 Å². The standard InChI is InChI=1S/C13H16BrClN2O/c1-8-6-9(4-5-16-8)13(18)17-10-2-3-12(15)11(14)7-10/h2-3,7-9,16H,4-6H2,1H3,(H,17,18). The number of anilines is 1. The number of piperidine rings is 1. The quantitative estimate of drug-likeness (QED) is 0.872. The van der Waals surface area contributed by atoms with E-state index in [9.17, 15) is 4.79 Å². The summed E-state index contributed by atoms with van der Waals surface area (Å²) < 4.78 is 0.792. The Morgan fingerprint density at radius 1 is 1.56 bits per heavy atom. The van der Waals surface area contributed by atoms with Gasteiger partial charge in [0.1, 0.15) is 0 Å². The van der Waals surface area contributed by atoms with Crippen molar-refractivity contribution in [3.8, 4) is 0 Å². The van der Waals surface area contributed by atoms with Gasteiger partial charge in [0.25, 0.3) is 0 Å². The van der Waals surface area contributed by atoms with Crippen LogP contribution in [-0.4, -0.2) is 18.5 Å².